The second-order valence-electron chi connectivity index (χ2n) is 26.9. The Morgan fingerprint density at radius 1 is 0.753 bits per heavy atom. The third-order valence-corrected chi connectivity index (χ3v) is 27.4. The molecule has 3 aliphatic heterocycles. The van der Waals surface area contributed by atoms with Crippen molar-refractivity contribution in [3.63, 3.8) is 0 Å². The first-order valence-electron chi connectivity index (χ1n) is 29.3. The van der Waals surface area contributed by atoms with E-state index in [0.29, 0.717) is 50.5 Å². The number of methoxy groups -OCH3 is 2. The first-order chi connectivity index (χ1) is 35.7. The molecule has 1 amide bonds. The van der Waals surface area contributed by atoms with Crippen LogP contribution in [0.15, 0.2) is 47.6 Å². The number of carbonyl (C=O) groups is 5. The summed E-state index contributed by atoms with van der Waals surface area (Å²) in [7, 11) is -1.32. The molecule has 15 atom stereocenters. The number of ether oxygens (including phenoxy) is 4. The highest BCUT2D eigenvalue weighted by molar-refractivity contribution is 6.74. The molecule has 3 heterocycles. The van der Waals surface area contributed by atoms with Gasteiger partial charge < -0.3 is 37.8 Å². The maximum Gasteiger partial charge on any atom is 0.329 e. The van der Waals surface area contributed by atoms with Crippen LogP contribution in [0, 0.1) is 35.5 Å². The Kier molecular flexibility index (Phi) is 24.8. The van der Waals surface area contributed by atoms with Gasteiger partial charge in [-0.15, -0.1) is 0 Å². The molecular weight excluding hydrogens is 1010 g/mol. The van der Waals surface area contributed by atoms with Gasteiger partial charge in [0.05, 0.1) is 30.5 Å². The van der Waals surface area contributed by atoms with Crippen LogP contribution in [0.25, 0.3) is 0 Å². The summed E-state index contributed by atoms with van der Waals surface area (Å²) in [5, 5.41) is 11.1. The average molecular weight is 1110 g/mol. The number of Topliss-reactive ketones (excluding diaryl/α,β-unsaturated/α-hetero) is 3. The summed E-state index contributed by atoms with van der Waals surface area (Å²) in [6.07, 6.45) is 13.3. The first-order valence-corrected chi connectivity index (χ1v) is 35.1. The summed E-state index contributed by atoms with van der Waals surface area (Å²) >= 11 is 0. The molecule has 0 spiro atoms. The number of ketones is 3. The molecule has 438 valence electrons. The molecule has 0 radical (unpaired) electrons. The van der Waals surface area contributed by atoms with Crippen LogP contribution in [-0.2, 0) is 51.8 Å². The molecule has 0 aromatic rings. The number of nitrogens with zero attached hydrogens (tertiary/aromatic N) is 1. The van der Waals surface area contributed by atoms with Gasteiger partial charge in [0, 0.05) is 45.4 Å². The highest BCUT2D eigenvalue weighted by Crippen LogP contribution is 2.43. The van der Waals surface area contributed by atoms with Gasteiger partial charge in [-0.1, -0.05) is 113 Å². The van der Waals surface area contributed by atoms with Gasteiger partial charge in [0.15, 0.2) is 22.4 Å². The predicted molar refractivity (Wildman–Crippen MR) is 311 cm³/mol. The largest absolute Gasteiger partial charge is 0.460 e. The molecule has 1 N–H and O–H groups in total. The van der Waals surface area contributed by atoms with Gasteiger partial charge >= 0.3 is 5.97 Å². The topological polar surface area (TPSA) is 164 Å². The van der Waals surface area contributed by atoms with Crippen LogP contribution < -0.4 is 0 Å². The van der Waals surface area contributed by atoms with Gasteiger partial charge in [0.1, 0.15) is 30.1 Å². The molecule has 2 bridgehead atoms. The molecule has 4 aliphatic rings. The highest BCUT2D eigenvalue weighted by Gasteiger charge is 2.47. The Morgan fingerprint density at radius 3 is 2.03 bits per heavy atom. The molecule has 4 rings (SSSR count). The average Bonchev–Trinajstić information content (AvgIpc) is 3.35. The fourth-order valence-electron chi connectivity index (χ4n) is 11.1. The Balaban J connectivity index is 1.77. The van der Waals surface area contributed by atoms with Crippen molar-refractivity contribution in [2.24, 2.45) is 35.5 Å². The molecule has 4 unspecified atom stereocenters. The second-order valence-corrected chi connectivity index (χ2v) is 36.5. The van der Waals surface area contributed by atoms with Gasteiger partial charge in [-0.25, -0.2) is 4.79 Å². The van der Waals surface area contributed by atoms with Crippen molar-refractivity contribution in [2.45, 2.75) is 258 Å². The normalized spacial score (nSPS) is 35.9. The molecule has 77 heavy (non-hydrogen) atoms. The summed E-state index contributed by atoms with van der Waals surface area (Å²) < 4.78 is 39.2. The zero-order chi connectivity index (χ0) is 58.0. The summed E-state index contributed by atoms with van der Waals surface area (Å²) in [4.78, 5) is 74.2. The quantitative estimate of drug-likeness (QED) is 0.101. The van der Waals surface area contributed by atoms with Crippen LogP contribution in [0.1, 0.15) is 167 Å². The lowest BCUT2D eigenvalue weighted by Crippen LogP contribution is -2.55. The number of carbonyl (C=O) groups excluding carboxylic acids is 5. The van der Waals surface area contributed by atoms with E-state index in [4.69, 9.17) is 27.8 Å². The van der Waals surface area contributed by atoms with Gasteiger partial charge in [-0.3, -0.25) is 19.2 Å². The van der Waals surface area contributed by atoms with E-state index in [1.165, 1.54) is 4.90 Å². The number of piperidine rings is 1. The van der Waals surface area contributed by atoms with Crippen molar-refractivity contribution in [3.05, 3.63) is 47.6 Å². The number of cyclic esters (lactones) is 1. The van der Waals surface area contributed by atoms with E-state index in [0.717, 1.165) is 24.8 Å². The van der Waals surface area contributed by atoms with Crippen molar-refractivity contribution in [1.29, 1.82) is 0 Å². The van der Waals surface area contributed by atoms with E-state index in [2.05, 4.69) is 80.7 Å². The van der Waals surface area contributed by atoms with E-state index in [1.807, 2.05) is 71.9 Å². The molecule has 3 fully saturated rings. The highest BCUT2D eigenvalue weighted by atomic mass is 28.4. The minimum absolute atomic E-state index is 0.0274. The summed E-state index contributed by atoms with van der Waals surface area (Å²) in [6.45, 7) is 35.8. The zero-order valence-electron chi connectivity index (χ0n) is 51.2. The van der Waals surface area contributed by atoms with Crippen molar-refractivity contribution in [1.82, 2.24) is 4.90 Å². The van der Waals surface area contributed by atoms with Crippen molar-refractivity contribution >= 4 is 45.9 Å². The Morgan fingerprint density at radius 2 is 1.40 bits per heavy atom. The molecule has 1 saturated carbocycles. The van der Waals surface area contributed by atoms with Crippen LogP contribution in [0.3, 0.4) is 0 Å². The molecular formula is C62H105NO12Si2. The number of rotatable bonds is 9. The summed E-state index contributed by atoms with van der Waals surface area (Å²) in [5.41, 5.74) is 1.44. The zero-order valence-corrected chi connectivity index (χ0v) is 53.2. The SMILES string of the molecule is CO[C@@H]1CC(C[C@@H](C)[C@@H]2CC(=O)[C@H](C)/C=C(\C)C(O[Si](C)(C)C(C)(C)C)[C@@H](OC)C(=O)[C@H](C)C[C@H](C)/C=C/C=C/C=C(\C)[C@@H](O)C[C@@H]3CC[C@@H](C)C(O3)C(=O)C(=O)N3CCCC[C@H]3C(=O)O2)CCC1O[Si](C)(C)C(C)(C)C. The third-order valence-electron chi connectivity index (χ3n) is 18.5. The smallest absolute Gasteiger partial charge is 0.329 e. The molecule has 0 aromatic heterocycles. The number of aliphatic hydroxyl groups is 1. The molecule has 1 aliphatic carbocycles. The number of esters is 1. The maximum absolute atomic E-state index is 14.8. The van der Waals surface area contributed by atoms with Crippen LogP contribution in [0.2, 0.25) is 36.3 Å². The second kappa shape index (κ2) is 28.7. The third kappa shape index (κ3) is 18.3. The Hall–Kier alpha value is -2.90. The van der Waals surface area contributed by atoms with Crippen molar-refractivity contribution < 1.29 is 56.9 Å². The number of hydrogen-bond acceptors (Lipinski definition) is 12. The van der Waals surface area contributed by atoms with Gasteiger partial charge in [-0.2, -0.15) is 0 Å². The van der Waals surface area contributed by atoms with E-state index < -0.39 is 82.9 Å². The van der Waals surface area contributed by atoms with E-state index in [-0.39, 0.29) is 82.8 Å². The number of amides is 1. The minimum atomic E-state index is -2.53. The lowest BCUT2D eigenvalue weighted by Gasteiger charge is -2.44. The van der Waals surface area contributed by atoms with Crippen molar-refractivity contribution in [2.75, 3.05) is 20.8 Å². The standard InChI is InChI=1S/C62H105NO12Si2/c1-39-25-21-20-22-26-40(2)49(64)37-47-30-28-41(3)56(72-47)55(67)59(68)63-32-24-23-27-48(63)60(69)73-52(43(5)35-46-29-31-51(53(36-46)70-14)74-76(16,17)61(8,9)10)38-50(65)42(4)34-45(7)57(75-77(18,19)62(11,12)13)58(71-15)54(66)44(6)33-39/h20-22,25-26,34,39,41-44,46-49,51-53,56-58,64H,23-24,27-33,35-38H2,1-19H3/b22-20+,25-21+,40-26+,45-34+/t39-,41-,42-,43-,44-,46?,47+,48+,49+,51?,52+,53-,56?,57?,58+/m1/s1. The van der Waals surface area contributed by atoms with E-state index in [9.17, 15) is 29.1 Å². The first kappa shape index (κ1) is 66.6. The van der Waals surface area contributed by atoms with E-state index >= 15 is 0 Å². The minimum Gasteiger partial charge on any atom is -0.460 e. The Bertz CT molecular complexity index is 2120. The fourth-order valence-corrected chi connectivity index (χ4v) is 13.8. The summed E-state index contributed by atoms with van der Waals surface area (Å²) in [6, 6.07) is -1.02. The monoisotopic (exact) mass is 1110 g/mol. The van der Waals surface area contributed by atoms with Crippen molar-refractivity contribution in [3.8, 4) is 0 Å². The lowest BCUT2D eigenvalue weighted by molar-refractivity contribution is -0.170. The molecule has 13 nitrogen and oxygen atoms in total. The van der Waals surface area contributed by atoms with Crippen LogP contribution in [-0.4, -0.2) is 132 Å². The number of allylic oxidation sites excluding steroid dienone is 6. The number of fused-ring (bicyclic) bond motifs is 3. The lowest BCUT2D eigenvalue weighted by atomic mass is 9.78. The van der Waals surface area contributed by atoms with Gasteiger partial charge in [0.2, 0.25) is 5.78 Å². The fraction of sp³-hybridized carbons (Fsp3) is 0.790. The predicted octanol–water partition coefficient (Wildman–Crippen LogP) is 12.3. The molecule has 2 saturated heterocycles. The van der Waals surface area contributed by atoms with Crippen LogP contribution >= 0.6 is 0 Å². The van der Waals surface area contributed by atoms with Crippen LogP contribution in [0.4, 0.5) is 0 Å². The summed E-state index contributed by atoms with van der Waals surface area (Å²) in [5.74, 6) is -3.59. The maximum atomic E-state index is 14.8. The van der Waals surface area contributed by atoms with Gasteiger partial charge in [0.25, 0.3) is 5.91 Å². The molecule has 15 heteroatoms. The van der Waals surface area contributed by atoms with Gasteiger partial charge in [-0.05, 0) is 149 Å². The number of hydrogen-bond donors (Lipinski definition) is 1. The Labute approximate surface area is 467 Å². The van der Waals surface area contributed by atoms with Crippen LogP contribution in [0.5, 0.6) is 0 Å². The number of aliphatic hydroxyl groups excluding tert-OH is 1. The van der Waals surface area contributed by atoms with E-state index in [1.54, 1.807) is 14.2 Å². The molecule has 0 aromatic carbocycles.